The fraction of sp³-hybridized carbons (Fsp3) is 0.583. The molecule has 4 heterocycles. The average Bonchev–Trinajstić information content (AvgIpc) is 3.45. The molecule has 2 aliphatic rings. The zero-order valence-corrected chi connectivity index (χ0v) is 21.3. The van der Waals surface area contributed by atoms with Crippen LogP contribution in [0.15, 0.2) is 12.3 Å². The molecule has 2 N–H and O–H groups in total. The van der Waals surface area contributed by atoms with Crippen molar-refractivity contribution >= 4 is 29.0 Å². The summed E-state index contributed by atoms with van der Waals surface area (Å²) in [6, 6.07) is -0.235. The van der Waals surface area contributed by atoms with Gasteiger partial charge in [0.2, 0.25) is 0 Å². The minimum Gasteiger partial charge on any atom is -0.381 e. The van der Waals surface area contributed by atoms with Crippen LogP contribution in [0.4, 0.5) is 19.0 Å². The summed E-state index contributed by atoms with van der Waals surface area (Å²) in [6.45, 7) is 6.48. The van der Waals surface area contributed by atoms with Gasteiger partial charge >= 0.3 is 6.18 Å². The number of amides is 2. The average molecular weight is 526 g/mol. The highest BCUT2D eigenvalue weighted by Crippen LogP contribution is 2.35. The van der Waals surface area contributed by atoms with E-state index in [0.717, 1.165) is 31.1 Å². The lowest BCUT2D eigenvalue weighted by Gasteiger charge is -2.22. The van der Waals surface area contributed by atoms with E-state index in [9.17, 15) is 22.8 Å². The molecule has 2 aliphatic heterocycles. The number of hydrogen-bond acceptors (Lipinski definition) is 7. The van der Waals surface area contributed by atoms with Gasteiger partial charge in [-0.05, 0) is 58.1 Å². The number of halogens is 3. The quantitative estimate of drug-likeness (QED) is 0.580. The molecule has 2 aromatic rings. The Morgan fingerprint density at radius 1 is 1.25 bits per heavy atom. The van der Waals surface area contributed by atoms with Gasteiger partial charge < -0.3 is 20.3 Å². The van der Waals surface area contributed by atoms with E-state index in [-0.39, 0.29) is 40.4 Å². The lowest BCUT2D eigenvalue weighted by molar-refractivity contribution is -0.138. The zero-order valence-electron chi connectivity index (χ0n) is 20.4. The number of aromatic nitrogens is 2. The van der Waals surface area contributed by atoms with Crippen molar-refractivity contribution < 1.29 is 27.5 Å². The summed E-state index contributed by atoms with van der Waals surface area (Å²) in [6.07, 6.45) is 0.204. The second-order valence-electron chi connectivity index (χ2n) is 9.34. The lowest BCUT2D eigenvalue weighted by atomic mass is 10.1. The molecular formula is C24H30F3N5O3S. The number of rotatable bonds is 6. The SMILES string of the molecule is Cc1cc(N[C@@H](C)C(F)(F)F)ncc1-c1sc(C(=O)NC2CCOCC2)nc1C(=O)N1CCC[C@@H]1C. The maximum atomic E-state index is 13.5. The Kier molecular flexibility index (Phi) is 7.84. The van der Waals surface area contributed by atoms with E-state index >= 15 is 0 Å². The first kappa shape index (κ1) is 26.3. The second kappa shape index (κ2) is 10.7. The van der Waals surface area contributed by atoms with Gasteiger partial charge in [0.05, 0.1) is 4.88 Å². The minimum atomic E-state index is -4.41. The molecule has 12 heteroatoms. The van der Waals surface area contributed by atoms with Gasteiger partial charge in [0.25, 0.3) is 11.8 Å². The van der Waals surface area contributed by atoms with Gasteiger partial charge in [-0.2, -0.15) is 13.2 Å². The molecule has 0 saturated carbocycles. The van der Waals surface area contributed by atoms with Crippen LogP contribution in [0.3, 0.4) is 0 Å². The third-order valence-corrected chi connectivity index (χ3v) is 7.69. The van der Waals surface area contributed by atoms with Gasteiger partial charge in [0.15, 0.2) is 5.01 Å². The van der Waals surface area contributed by atoms with Gasteiger partial charge in [-0.1, -0.05) is 0 Å². The molecule has 2 aromatic heterocycles. The summed E-state index contributed by atoms with van der Waals surface area (Å²) >= 11 is 1.09. The van der Waals surface area contributed by atoms with Crippen LogP contribution in [0.25, 0.3) is 10.4 Å². The molecule has 4 rings (SSSR count). The van der Waals surface area contributed by atoms with E-state index in [1.165, 1.54) is 12.3 Å². The summed E-state index contributed by atoms with van der Waals surface area (Å²) in [5.41, 5.74) is 1.34. The number of nitrogens with one attached hydrogen (secondary N) is 2. The molecule has 2 amide bonds. The van der Waals surface area contributed by atoms with Crippen molar-refractivity contribution in [2.75, 3.05) is 25.1 Å². The highest BCUT2D eigenvalue weighted by molar-refractivity contribution is 7.17. The Balaban J connectivity index is 1.66. The topological polar surface area (TPSA) is 96.5 Å². The number of likely N-dealkylation sites (tertiary alicyclic amines) is 1. The van der Waals surface area contributed by atoms with E-state index in [4.69, 9.17) is 4.74 Å². The van der Waals surface area contributed by atoms with E-state index in [1.807, 2.05) is 6.92 Å². The highest BCUT2D eigenvalue weighted by Gasteiger charge is 2.36. The van der Waals surface area contributed by atoms with Gasteiger partial charge in [0.1, 0.15) is 17.6 Å². The fourth-order valence-electron chi connectivity index (χ4n) is 4.38. The first-order valence-corrected chi connectivity index (χ1v) is 12.9. The molecule has 0 radical (unpaired) electrons. The number of aryl methyl sites for hydroxylation is 1. The van der Waals surface area contributed by atoms with Crippen LogP contribution in [-0.4, -0.2) is 70.7 Å². The molecule has 0 aliphatic carbocycles. The summed E-state index contributed by atoms with van der Waals surface area (Å²) < 4.78 is 44.2. The number of anilines is 1. The molecule has 196 valence electrons. The van der Waals surface area contributed by atoms with E-state index < -0.39 is 12.2 Å². The Hall–Kier alpha value is -2.73. The maximum Gasteiger partial charge on any atom is 0.408 e. The monoisotopic (exact) mass is 525 g/mol. The van der Waals surface area contributed by atoms with E-state index in [1.54, 1.807) is 11.8 Å². The molecule has 2 saturated heterocycles. The van der Waals surface area contributed by atoms with Crippen molar-refractivity contribution in [1.29, 1.82) is 0 Å². The van der Waals surface area contributed by atoms with Crippen molar-refractivity contribution in [1.82, 2.24) is 20.2 Å². The van der Waals surface area contributed by atoms with E-state index in [0.29, 0.717) is 48.6 Å². The molecule has 0 bridgehead atoms. The first-order valence-electron chi connectivity index (χ1n) is 12.0. The van der Waals surface area contributed by atoms with Crippen molar-refractivity contribution in [3.63, 3.8) is 0 Å². The van der Waals surface area contributed by atoms with Crippen LogP contribution in [0, 0.1) is 6.92 Å². The zero-order chi connectivity index (χ0) is 26.0. The predicted octanol–water partition coefficient (Wildman–Crippen LogP) is 4.41. The summed E-state index contributed by atoms with van der Waals surface area (Å²) in [7, 11) is 0. The molecule has 0 spiro atoms. The van der Waals surface area contributed by atoms with Crippen LogP contribution in [0.2, 0.25) is 0 Å². The largest absolute Gasteiger partial charge is 0.408 e. The Morgan fingerprint density at radius 2 is 1.97 bits per heavy atom. The molecule has 8 nitrogen and oxygen atoms in total. The highest BCUT2D eigenvalue weighted by atomic mass is 32.1. The second-order valence-corrected chi connectivity index (χ2v) is 10.3. The van der Waals surface area contributed by atoms with Crippen molar-refractivity contribution in [3.8, 4) is 10.4 Å². The van der Waals surface area contributed by atoms with Crippen molar-refractivity contribution in [2.24, 2.45) is 0 Å². The molecule has 0 unspecified atom stereocenters. The number of alkyl halides is 3. The number of carbonyl (C=O) groups excluding carboxylic acids is 2. The van der Waals surface area contributed by atoms with Gasteiger partial charge in [-0.15, -0.1) is 11.3 Å². The Morgan fingerprint density at radius 3 is 2.58 bits per heavy atom. The summed E-state index contributed by atoms with van der Waals surface area (Å²) in [5, 5.41) is 5.50. The molecular weight excluding hydrogens is 495 g/mol. The standard InChI is InChI=1S/C24H30F3N5O3S/c1-13-11-18(29-15(3)24(25,26)27)28-12-17(13)20-19(23(34)32-8-4-5-14(32)2)31-22(36-20)21(33)30-16-6-9-35-10-7-16/h11-12,14-16H,4-10H2,1-3H3,(H,28,29)(H,30,33)/t14-,15-/m0/s1. The summed E-state index contributed by atoms with van der Waals surface area (Å²) in [5.74, 6) is -0.544. The van der Waals surface area contributed by atoms with Crippen molar-refractivity contribution in [2.45, 2.75) is 70.8 Å². The number of pyridine rings is 1. The first-order chi connectivity index (χ1) is 17.0. The van der Waals surface area contributed by atoms with Gasteiger partial charge in [0, 0.05) is 43.6 Å². The number of hydrogen-bond donors (Lipinski definition) is 2. The van der Waals surface area contributed by atoms with Gasteiger partial charge in [-0.25, -0.2) is 9.97 Å². The Labute approximate surface area is 211 Å². The molecule has 2 atom stereocenters. The van der Waals surface area contributed by atoms with Crippen LogP contribution in [0.1, 0.15) is 65.4 Å². The van der Waals surface area contributed by atoms with Gasteiger partial charge in [-0.3, -0.25) is 9.59 Å². The van der Waals surface area contributed by atoms with Crippen molar-refractivity contribution in [3.05, 3.63) is 28.5 Å². The number of carbonyl (C=O) groups is 2. The number of thiazole rings is 1. The molecule has 36 heavy (non-hydrogen) atoms. The summed E-state index contributed by atoms with van der Waals surface area (Å²) in [4.78, 5) is 37.3. The van der Waals surface area contributed by atoms with Crippen LogP contribution in [-0.2, 0) is 4.74 Å². The maximum absolute atomic E-state index is 13.5. The fourth-order valence-corrected chi connectivity index (χ4v) is 5.42. The third-order valence-electron chi connectivity index (χ3n) is 6.61. The van der Waals surface area contributed by atoms with Crippen LogP contribution < -0.4 is 10.6 Å². The number of nitrogens with zero attached hydrogens (tertiary/aromatic N) is 3. The molecule has 2 fully saturated rings. The minimum absolute atomic E-state index is 0.0271. The third kappa shape index (κ3) is 5.80. The van der Waals surface area contributed by atoms with Crippen LogP contribution >= 0.6 is 11.3 Å². The lowest BCUT2D eigenvalue weighted by Crippen LogP contribution is -2.39. The normalized spacial score (nSPS) is 19.8. The van der Waals surface area contributed by atoms with E-state index in [2.05, 4.69) is 20.6 Å². The number of ether oxygens (including phenoxy) is 1. The predicted molar refractivity (Wildman–Crippen MR) is 130 cm³/mol. The smallest absolute Gasteiger partial charge is 0.381 e. The Bertz CT molecular complexity index is 1120. The van der Waals surface area contributed by atoms with Crippen LogP contribution in [0.5, 0.6) is 0 Å². The molecule has 0 aromatic carbocycles.